The Kier molecular flexibility index (Phi) is 8.03. The quantitative estimate of drug-likeness (QED) is 0.515. The molecule has 0 fully saturated rings. The Morgan fingerprint density at radius 2 is 1.72 bits per heavy atom. The lowest BCUT2D eigenvalue weighted by atomic mass is 10.2. The van der Waals surface area contributed by atoms with E-state index in [1.54, 1.807) is 13.8 Å². The fraction of sp³-hybridized carbons (Fsp3) is 0.692. The van der Waals surface area contributed by atoms with Gasteiger partial charge in [0, 0.05) is 12.1 Å². The zero-order valence-corrected chi connectivity index (χ0v) is 11.9. The third-order valence-corrected chi connectivity index (χ3v) is 2.34. The molecule has 0 aromatic rings. The largest absolute Gasteiger partial charge is 0.449 e. The van der Waals surface area contributed by atoms with E-state index in [0.29, 0.717) is 12.1 Å². The lowest BCUT2D eigenvalue weighted by Gasteiger charge is -2.20. The van der Waals surface area contributed by atoms with Crippen LogP contribution in [0, 0.1) is 0 Å². The van der Waals surface area contributed by atoms with Crippen molar-refractivity contribution in [2.45, 2.75) is 26.7 Å². The molecule has 5 nitrogen and oxygen atoms in total. The van der Waals surface area contributed by atoms with Gasteiger partial charge >= 0.3 is 6.09 Å². The molecule has 104 valence electrons. The van der Waals surface area contributed by atoms with Gasteiger partial charge < -0.3 is 9.64 Å². The molecule has 0 heterocycles. The van der Waals surface area contributed by atoms with Crippen molar-refractivity contribution in [3.05, 3.63) is 12.2 Å². The molecule has 5 heteroatoms. The van der Waals surface area contributed by atoms with Crippen LogP contribution >= 0.6 is 0 Å². The van der Waals surface area contributed by atoms with Gasteiger partial charge in [0.2, 0.25) is 0 Å². The molecule has 0 unspecified atom stereocenters. The van der Waals surface area contributed by atoms with Crippen molar-refractivity contribution in [3.8, 4) is 0 Å². The number of hydrogen-bond acceptors (Lipinski definition) is 4. The maximum atomic E-state index is 11.8. The molecule has 0 rings (SSSR count). The van der Waals surface area contributed by atoms with Crippen molar-refractivity contribution in [2.24, 2.45) is 0 Å². The van der Waals surface area contributed by atoms with Gasteiger partial charge in [-0.3, -0.25) is 4.79 Å². The zero-order chi connectivity index (χ0) is 14.1. The van der Waals surface area contributed by atoms with Crippen molar-refractivity contribution < 1.29 is 14.3 Å². The van der Waals surface area contributed by atoms with Crippen molar-refractivity contribution in [1.29, 1.82) is 0 Å². The van der Waals surface area contributed by atoms with E-state index in [4.69, 9.17) is 4.74 Å². The maximum Gasteiger partial charge on any atom is 0.416 e. The van der Waals surface area contributed by atoms with E-state index in [1.165, 1.54) is 0 Å². The first-order valence-corrected chi connectivity index (χ1v) is 6.19. The lowest BCUT2D eigenvalue weighted by molar-refractivity contribution is -0.125. The summed E-state index contributed by atoms with van der Waals surface area (Å²) in [6, 6.07) is 0. The molecule has 0 aromatic heterocycles. The van der Waals surface area contributed by atoms with Gasteiger partial charge in [0.05, 0.1) is 6.61 Å². The number of ether oxygens (including phenoxy) is 1. The zero-order valence-electron chi connectivity index (χ0n) is 11.9. The van der Waals surface area contributed by atoms with E-state index in [9.17, 15) is 9.59 Å². The smallest absolute Gasteiger partial charge is 0.416 e. The molecule has 0 radical (unpaired) electrons. The molecule has 18 heavy (non-hydrogen) atoms. The van der Waals surface area contributed by atoms with Crippen LogP contribution in [0.5, 0.6) is 0 Å². The summed E-state index contributed by atoms with van der Waals surface area (Å²) in [6.45, 7) is 8.44. The predicted octanol–water partition coefficient (Wildman–Crippen LogP) is 1.89. The molecule has 0 saturated heterocycles. The second-order valence-corrected chi connectivity index (χ2v) is 4.45. The Labute approximate surface area is 109 Å². The Hall–Kier alpha value is -1.36. The number of carbonyl (C=O) groups is 2. The van der Waals surface area contributed by atoms with Crippen LogP contribution in [0.15, 0.2) is 12.2 Å². The molecular formula is C13H24N2O3. The number of imide groups is 1. The van der Waals surface area contributed by atoms with Crippen molar-refractivity contribution in [2.75, 3.05) is 33.8 Å². The summed E-state index contributed by atoms with van der Waals surface area (Å²) in [6.07, 6.45) is 1.10. The van der Waals surface area contributed by atoms with Gasteiger partial charge in [0.1, 0.15) is 0 Å². The molecule has 0 atom stereocenters. The van der Waals surface area contributed by atoms with Gasteiger partial charge in [0.15, 0.2) is 0 Å². The Morgan fingerprint density at radius 3 is 2.17 bits per heavy atom. The first-order chi connectivity index (χ1) is 8.40. The monoisotopic (exact) mass is 256 g/mol. The Bertz CT molecular complexity index is 301. The summed E-state index contributed by atoms with van der Waals surface area (Å²) in [4.78, 5) is 26.6. The number of nitrogens with zero attached hydrogens (tertiary/aromatic N) is 2. The molecule has 0 spiro atoms. The highest BCUT2D eigenvalue weighted by Gasteiger charge is 2.22. The SMILES string of the molecule is C=C(C)C(=O)N(CCCCN(C)C)C(=O)OCC. The molecule has 0 aliphatic rings. The molecule has 0 N–H and O–H groups in total. The normalized spacial score (nSPS) is 10.3. The fourth-order valence-corrected chi connectivity index (χ4v) is 1.41. The molecule has 2 amide bonds. The lowest BCUT2D eigenvalue weighted by Crippen LogP contribution is -2.38. The van der Waals surface area contributed by atoms with Gasteiger partial charge in [-0.15, -0.1) is 0 Å². The molecule has 0 saturated carbocycles. The van der Waals surface area contributed by atoms with E-state index in [0.717, 1.165) is 24.3 Å². The topological polar surface area (TPSA) is 49.9 Å². The molecule has 0 aliphatic heterocycles. The van der Waals surface area contributed by atoms with Crippen LogP contribution in [-0.4, -0.2) is 55.6 Å². The number of hydrogen-bond donors (Lipinski definition) is 0. The summed E-state index contributed by atoms with van der Waals surface area (Å²) < 4.78 is 4.87. The van der Waals surface area contributed by atoms with E-state index in [2.05, 4.69) is 11.5 Å². The minimum Gasteiger partial charge on any atom is -0.449 e. The van der Waals surface area contributed by atoms with Crippen molar-refractivity contribution in [3.63, 3.8) is 0 Å². The average molecular weight is 256 g/mol. The second kappa shape index (κ2) is 8.69. The third-order valence-electron chi connectivity index (χ3n) is 2.34. The molecule has 0 bridgehead atoms. The van der Waals surface area contributed by atoms with Crippen molar-refractivity contribution in [1.82, 2.24) is 9.80 Å². The summed E-state index contributed by atoms with van der Waals surface area (Å²) >= 11 is 0. The fourth-order valence-electron chi connectivity index (χ4n) is 1.41. The van der Waals surface area contributed by atoms with Crippen LogP contribution in [-0.2, 0) is 9.53 Å². The van der Waals surface area contributed by atoms with E-state index < -0.39 is 6.09 Å². The average Bonchev–Trinajstić information content (AvgIpc) is 2.28. The van der Waals surface area contributed by atoms with Crippen LogP contribution in [0.25, 0.3) is 0 Å². The van der Waals surface area contributed by atoms with Crippen LogP contribution in [0.2, 0.25) is 0 Å². The highest BCUT2D eigenvalue weighted by molar-refractivity contribution is 6.01. The first kappa shape index (κ1) is 16.6. The van der Waals surface area contributed by atoms with E-state index >= 15 is 0 Å². The second-order valence-electron chi connectivity index (χ2n) is 4.45. The highest BCUT2D eigenvalue weighted by atomic mass is 16.6. The number of carbonyl (C=O) groups excluding carboxylic acids is 2. The predicted molar refractivity (Wildman–Crippen MR) is 71.3 cm³/mol. The first-order valence-electron chi connectivity index (χ1n) is 6.19. The van der Waals surface area contributed by atoms with E-state index in [-0.39, 0.29) is 12.5 Å². The number of amides is 2. The van der Waals surface area contributed by atoms with Crippen LogP contribution < -0.4 is 0 Å². The van der Waals surface area contributed by atoms with E-state index in [1.807, 2.05) is 14.1 Å². The summed E-state index contributed by atoms with van der Waals surface area (Å²) in [5.41, 5.74) is 0.343. The maximum absolute atomic E-state index is 11.8. The Balaban J connectivity index is 4.35. The van der Waals surface area contributed by atoms with Crippen molar-refractivity contribution >= 4 is 12.0 Å². The van der Waals surface area contributed by atoms with Gasteiger partial charge in [-0.25, -0.2) is 9.69 Å². The number of rotatable bonds is 7. The van der Waals surface area contributed by atoms with Gasteiger partial charge in [-0.05, 0) is 47.3 Å². The van der Waals surface area contributed by atoms with Crippen LogP contribution in [0.1, 0.15) is 26.7 Å². The summed E-state index contributed by atoms with van der Waals surface area (Å²) in [5.74, 6) is -0.363. The Morgan fingerprint density at radius 1 is 1.17 bits per heavy atom. The van der Waals surface area contributed by atoms with Crippen LogP contribution in [0.3, 0.4) is 0 Å². The minimum atomic E-state index is -0.588. The third kappa shape index (κ3) is 6.39. The van der Waals surface area contributed by atoms with Gasteiger partial charge in [-0.1, -0.05) is 6.58 Å². The molecule has 0 aromatic carbocycles. The minimum absolute atomic E-state index is 0.260. The summed E-state index contributed by atoms with van der Waals surface area (Å²) in [7, 11) is 3.98. The summed E-state index contributed by atoms with van der Waals surface area (Å²) in [5, 5.41) is 0. The van der Waals surface area contributed by atoms with Gasteiger partial charge in [-0.2, -0.15) is 0 Å². The highest BCUT2D eigenvalue weighted by Crippen LogP contribution is 2.05. The number of unbranched alkanes of at least 4 members (excludes halogenated alkanes) is 1. The molecular weight excluding hydrogens is 232 g/mol. The van der Waals surface area contributed by atoms with Crippen LogP contribution in [0.4, 0.5) is 4.79 Å². The molecule has 0 aliphatic carbocycles. The standard InChI is InChI=1S/C13H24N2O3/c1-6-18-13(17)15(12(16)11(2)3)10-8-7-9-14(4)5/h2,6-10H2,1,3-5H3. The van der Waals surface area contributed by atoms with Gasteiger partial charge in [0.25, 0.3) is 5.91 Å².